The summed E-state index contributed by atoms with van der Waals surface area (Å²) in [6.07, 6.45) is 4.08. The number of carbonyl (C=O) groups excluding carboxylic acids is 1. The monoisotopic (exact) mass is 425 g/mol. The first-order chi connectivity index (χ1) is 13.4. The molecule has 0 spiro atoms. The lowest BCUT2D eigenvalue weighted by Crippen LogP contribution is -2.26. The Morgan fingerprint density at radius 2 is 2.04 bits per heavy atom. The predicted octanol–water partition coefficient (Wildman–Crippen LogP) is 3.69. The number of ether oxygens (including phenoxy) is 1. The number of amides is 1. The molecule has 0 fully saturated rings. The number of aryl methyl sites for hydroxylation is 2. The first-order valence-corrected chi connectivity index (χ1v) is 9.27. The Labute approximate surface area is 171 Å². The van der Waals surface area contributed by atoms with Crippen LogP contribution in [-0.4, -0.2) is 32.0 Å². The van der Waals surface area contributed by atoms with E-state index in [4.69, 9.17) is 27.9 Å². The summed E-state index contributed by atoms with van der Waals surface area (Å²) < 4.78 is 21.8. The summed E-state index contributed by atoms with van der Waals surface area (Å²) in [7, 11) is 0. The highest BCUT2D eigenvalue weighted by molar-refractivity contribution is 6.31. The summed E-state index contributed by atoms with van der Waals surface area (Å²) in [5.41, 5.74) is 1.06. The second-order valence-electron chi connectivity index (χ2n) is 6.02. The number of benzene rings is 1. The van der Waals surface area contributed by atoms with E-state index in [0.29, 0.717) is 30.3 Å². The Hall–Kier alpha value is -2.58. The molecule has 28 heavy (non-hydrogen) atoms. The maximum absolute atomic E-state index is 13.1. The third-order valence-electron chi connectivity index (χ3n) is 3.86. The zero-order valence-corrected chi connectivity index (χ0v) is 16.5. The van der Waals surface area contributed by atoms with Crippen LogP contribution in [0.1, 0.15) is 22.6 Å². The summed E-state index contributed by atoms with van der Waals surface area (Å²) in [5, 5.41) is 11.8. The molecular formula is C18H18Cl2FN5O2. The average Bonchev–Trinajstić information content (AvgIpc) is 3.26. The molecule has 0 unspecified atom stereocenters. The Bertz CT molecular complexity index is 953. The minimum atomic E-state index is -0.516. The topological polar surface area (TPSA) is 74.0 Å². The number of carbonyl (C=O) groups is 1. The van der Waals surface area contributed by atoms with Gasteiger partial charge in [-0.2, -0.15) is 10.2 Å². The second kappa shape index (κ2) is 9.07. The Morgan fingerprint density at radius 1 is 1.21 bits per heavy atom. The van der Waals surface area contributed by atoms with E-state index < -0.39 is 5.82 Å². The van der Waals surface area contributed by atoms with Gasteiger partial charge in [0.2, 0.25) is 0 Å². The van der Waals surface area contributed by atoms with Crippen molar-refractivity contribution >= 4 is 29.1 Å². The number of halogens is 3. The van der Waals surface area contributed by atoms with Crippen LogP contribution in [0.25, 0.3) is 0 Å². The van der Waals surface area contributed by atoms with Gasteiger partial charge in [0.1, 0.15) is 17.3 Å². The third-order valence-corrected chi connectivity index (χ3v) is 4.52. The maximum atomic E-state index is 13.1. The molecule has 2 heterocycles. The second-order valence-corrected chi connectivity index (χ2v) is 6.84. The van der Waals surface area contributed by atoms with Crippen LogP contribution in [-0.2, 0) is 13.3 Å². The van der Waals surface area contributed by atoms with Gasteiger partial charge in [0.15, 0.2) is 6.73 Å². The van der Waals surface area contributed by atoms with E-state index in [1.807, 2.05) is 6.92 Å². The van der Waals surface area contributed by atoms with Gasteiger partial charge in [-0.1, -0.05) is 23.2 Å². The highest BCUT2D eigenvalue weighted by Gasteiger charge is 2.10. The Morgan fingerprint density at radius 3 is 2.75 bits per heavy atom. The predicted molar refractivity (Wildman–Crippen MR) is 103 cm³/mol. The fraction of sp³-hybridized carbons (Fsp3) is 0.278. The van der Waals surface area contributed by atoms with Gasteiger partial charge in [0.25, 0.3) is 5.91 Å². The molecule has 3 rings (SSSR count). The average molecular weight is 426 g/mol. The van der Waals surface area contributed by atoms with E-state index >= 15 is 0 Å². The van der Waals surface area contributed by atoms with Crippen molar-refractivity contribution in [3.8, 4) is 5.75 Å². The highest BCUT2D eigenvalue weighted by atomic mass is 35.5. The molecule has 0 saturated heterocycles. The van der Waals surface area contributed by atoms with Crippen molar-refractivity contribution in [2.45, 2.75) is 26.6 Å². The van der Waals surface area contributed by atoms with E-state index in [9.17, 15) is 9.18 Å². The fourth-order valence-electron chi connectivity index (χ4n) is 2.40. The van der Waals surface area contributed by atoms with E-state index in [-0.39, 0.29) is 23.4 Å². The van der Waals surface area contributed by atoms with Crippen LogP contribution in [0.4, 0.5) is 4.39 Å². The normalized spacial score (nSPS) is 10.9. The first kappa shape index (κ1) is 20.2. The SMILES string of the molecule is Cc1nn(CCCNC(=O)c2ccn(COc3ccc(F)c(Cl)c3)n2)cc1Cl. The van der Waals surface area contributed by atoms with Crippen LogP contribution >= 0.6 is 23.2 Å². The minimum Gasteiger partial charge on any atom is -0.471 e. The van der Waals surface area contributed by atoms with Gasteiger partial charge in [-0.3, -0.25) is 9.48 Å². The van der Waals surface area contributed by atoms with Gasteiger partial charge in [-0.25, -0.2) is 9.07 Å². The molecular weight excluding hydrogens is 408 g/mol. The van der Waals surface area contributed by atoms with Crippen molar-refractivity contribution in [3.05, 3.63) is 63.9 Å². The van der Waals surface area contributed by atoms with Crippen molar-refractivity contribution in [1.82, 2.24) is 24.9 Å². The van der Waals surface area contributed by atoms with Gasteiger partial charge in [0.05, 0.1) is 15.7 Å². The Balaban J connectivity index is 1.43. The van der Waals surface area contributed by atoms with Crippen LogP contribution in [0, 0.1) is 12.7 Å². The molecule has 0 radical (unpaired) electrons. The minimum absolute atomic E-state index is 0.0226. The number of hydrogen-bond donors (Lipinski definition) is 1. The molecule has 148 valence electrons. The number of hydrogen-bond acceptors (Lipinski definition) is 4. The van der Waals surface area contributed by atoms with Crippen LogP contribution in [0.5, 0.6) is 5.75 Å². The zero-order chi connectivity index (χ0) is 20.1. The van der Waals surface area contributed by atoms with Crippen LogP contribution in [0.15, 0.2) is 36.7 Å². The number of rotatable bonds is 8. The quantitative estimate of drug-likeness (QED) is 0.558. The Kier molecular flexibility index (Phi) is 6.53. The van der Waals surface area contributed by atoms with Gasteiger partial charge in [0, 0.05) is 31.5 Å². The smallest absolute Gasteiger partial charge is 0.271 e. The molecule has 1 amide bonds. The largest absolute Gasteiger partial charge is 0.471 e. The maximum Gasteiger partial charge on any atom is 0.271 e. The molecule has 10 heteroatoms. The third kappa shape index (κ3) is 5.24. The molecule has 0 saturated carbocycles. The van der Waals surface area contributed by atoms with Gasteiger partial charge >= 0.3 is 0 Å². The molecule has 1 N–H and O–H groups in total. The molecule has 0 aliphatic rings. The summed E-state index contributed by atoms with van der Waals surface area (Å²) in [5.74, 6) is -0.391. The van der Waals surface area contributed by atoms with Crippen molar-refractivity contribution in [1.29, 1.82) is 0 Å². The molecule has 0 bridgehead atoms. The standard InChI is InChI=1S/C18H18Cl2FN5O2/c1-12-15(20)10-25(23-12)7-2-6-22-18(27)17-5-8-26(24-17)11-28-13-3-4-16(21)14(19)9-13/h3-5,8-10H,2,6-7,11H2,1H3,(H,22,27). The molecule has 0 aliphatic carbocycles. The van der Waals surface area contributed by atoms with E-state index in [0.717, 1.165) is 5.69 Å². The van der Waals surface area contributed by atoms with Crippen LogP contribution in [0.3, 0.4) is 0 Å². The molecule has 7 nitrogen and oxygen atoms in total. The highest BCUT2D eigenvalue weighted by Crippen LogP contribution is 2.21. The number of aromatic nitrogens is 4. The molecule has 3 aromatic rings. The lowest BCUT2D eigenvalue weighted by molar-refractivity contribution is 0.0945. The van der Waals surface area contributed by atoms with Gasteiger partial charge < -0.3 is 10.1 Å². The van der Waals surface area contributed by atoms with E-state index in [2.05, 4.69) is 15.5 Å². The zero-order valence-electron chi connectivity index (χ0n) is 15.0. The van der Waals surface area contributed by atoms with Gasteiger partial charge in [-0.05, 0) is 31.5 Å². The van der Waals surface area contributed by atoms with Crippen molar-refractivity contribution in [2.24, 2.45) is 0 Å². The number of nitrogens with one attached hydrogen (secondary N) is 1. The van der Waals surface area contributed by atoms with E-state index in [1.54, 1.807) is 23.1 Å². The van der Waals surface area contributed by atoms with Crippen LogP contribution in [0.2, 0.25) is 10.0 Å². The molecule has 0 atom stereocenters. The summed E-state index contributed by atoms with van der Waals surface area (Å²) >= 11 is 11.7. The number of nitrogens with zero attached hydrogens (tertiary/aromatic N) is 4. The van der Waals surface area contributed by atoms with E-state index in [1.165, 1.54) is 22.9 Å². The fourth-order valence-corrected chi connectivity index (χ4v) is 2.72. The first-order valence-electron chi connectivity index (χ1n) is 8.51. The summed E-state index contributed by atoms with van der Waals surface area (Å²) in [4.78, 5) is 12.2. The molecule has 1 aromatic carbocycles. The lowest BCUT2D eigenvalue weighted by atomic mass is 10.3. The van der Waals surface area contributed by atoms with Gasteiger partial charge in [-0.15, -0.1) is 0 Å². The van der Waals surface area contributed by atoms with Crippen molar-refractivity contribution in [2.75, 3.05) is 6.54 Å². The molecule has 2 aromatic heterocycles. The van der Waals surface area contributed by atoms with Crippen LogP contribution < -0.4 is 10.1 Å². The lowest BCUT2D eigenvalue weighted by Gasteiger charge is -2.07. The summed E-state index contributed by atoms with van der Waals surface area (Å²) in [6.45, 7) is 3.03. The summed E-state index contributed by atoms with van der Waals surface area (Å²) in [6, 6.07) is 5.65. The molecule has 0 aliphatic heterocycles. The van der Waals surface area contributed by atoms with Crippen molar-refractivity contribution in [3.63, 3.8) is 0 Å². The van der Waals surface area contributed by atoms with Crippen molar-refractivity contribution < 1.29 is 13.9 Å².